The minimum absolute atomic E-state index is 0.0885. The van der Waals surface area contributed by atoms with E-state index in [0.29, 0.717) is 21.7 Å². The Bertz CT molecular complexity index is 941. The number of amides is 1. The van der Waals surface area contributed by atoms with Crippen LogP contribution in [0.3, 0.4) is 0 Å². The highest BCUT2D eigenvalue weighted by Crippen LogP contribution is 2.24. The van der Waals surface area contributed by atoms with Gasteiger partial charge in [-0.25, -0.2) is 4.79 Å². The molecule has 2 aromatic carbocycles. The molecule has 0 fully saturated rings. The van der Waals surface area contributed by atoms with Gasteiger partial charge < -0.3 is 10.1 Å². The van der Waals surface area contributed by atoms with Crippen molar-refractivity contribution < 1.29 is 19.1 Å². The van der Waals surface area contributed by atoms with E-state index in [1.54, 1.807) is 69.3 Å². The van der Waals surface area contributed by atoms with E-state index in [0.717, 1.165) is 0 Å². The van der Waals surface area contributed by atoms with Crippen LogP contribution in [0.4, 0.5) is 5.69 Å². The lowest BCUT2D eigenvalue weighted by Gasteiger charge is -2.16. The SMILES string of the molecule is CC(C)(C)C(=O)COC(=O)c1ccccc1SCC(=O)Nc1ccc(C#N)cc1. The molecule has 0 aromatic heterocycles. The van der Waals surface area contributed by atoms with Crippen LogP contribution in [-0.4, -0.2) is 30.0 Å². The number of ether oxygens (including phenoxy) is 1. The number of nitriles is 1. The molecule has 150 valence electrons. The number of benzene rings is 2. The highest BCUT2D eigenvalue weighted by Gasteiger charge is 2.23. The van der Waals surface area contributed by atoms with Gasteiger partial charge in [-0.1, -0.05) is 32.9 Å². The molecule has 7 heteroatoms. The Kier molecular flexibility index (Phi) is 7.57. The second-order valence-corrected chi connectivity index (χ2v) is 8.29. The maximum atomic E-state index is 12.4. The molecule has 29 heavy (non-hydrogen) atoms. The lowest BCUT2D eigenvalue weighted by molar-refractivity contribution is -0.129. The third kappa shape index (κ3) is 6.77. The van der Waals surface area contributed by atoms with Gasteiger partial charge in [-0.3, -0.25) is 9.59 Å². The van der Waals surface area contributed by atoms with E-state index < -0.39 is 11.4 Å². The number of nitrogens with zero attached hydrogens (tertiary/aromatic N) is 1. The van der Waals surface area contributed by atoms with Gasteiger partial charge in [0, 0.05) is 16.0 Å². The zero-order valence-corrected chi connectivity index (χ0v) is 17.3. The van der Waals surface area contributed by atoms with Gasteiger partial charge in [0.25, 0.3) is 0 Å². The number of rotatable bonds is 7. The molecule has 1 amide bonds. The van der Waals surface area contributed by atoms with Gasteiger partial charge in [0.1, 0.15) is 0 Å². The largest absolute Gasteiger partial charge is 0.454 e. The van der Waals surface area contributed by atoms with Gasteiger partial charge in [-0.2, -0.15) is 5.26 Å². The van der Waals surface area contributed by atoms with E-state index in [2.05, 4.69) is 5.32 Å². The molecule has 0 aliphatic rings. The van der Waals surface area contributed by atoms with E-state index >= 15 is 0 Å². The van der Waals surface area contributed by atoms with Crippen molar-refractivity contribution in [3.8, 4) is 6.07 Å². The van der Waals surface area contributed by atoms with Gasteiger partial charge in [-0.05, 0) is 36.4 Å². The van der Waals surface area contributed by atoms with Crippen molar-refractivity contribution in [3.63, 3.8) is 0 Å². The summed E-state index contributed by atoms with van der Waals surface area (Å²) in [6, 6.07) is 15.3. The van der Waals surface area contributed by atoms with Crippen LogP contribution in [0, 0.1) is 16.7 Å². The van der Waals surface area contributed by atoms with Crippen molar-refractivity contribution in [1.29, 1.82) is 5.26 Å². The standard InChI is InChI=1S/C22H22N2O4S/c1-22(2,3)19(25)13-28-21(27)17-6-4-5-7-18(17)29-14-20(26)24-16-10-8-15(12-23)9-11-16/h4-11H,13-14H2,1-3H3,(H,24,26). The number of carbonyl (C=O) groups excluding carboxylic acids is 3. The molecule has 6 nitrogen and oxygen atoms in total. The molecule has 0 bridgehead atoms. The molecule has 0 heterocycles. The van der Waals surface area contributed by atoms with Crippen LogP contribution in [0.15, 0.2) is 53.4 Å². The summed E-state index contributed by atoms with van der Waals surface area (Å²) in [5.74, 6) is -0.924. The van der Waals surface area contributed by atoms with Crippen LogP contribution in [0.1, 0.15) is 36.7 Å². The van der Waals surface area contributed by atoms with Gasteiger partial charge in [-0.15, -0.1) is 11.8 Å². The van der Waals surface area contributed by atoms with Crippen LogP contribution >= 0.6 is 11.8 Å². The molecule has 0 saturated carbocycles. The summed E-state index contributed by atoms with van der Waals surface area (Å²) >= 11 is 1.20. The summed E-state index contributed by atoms with van der Waals surface area (Å²) in [7, 11) is 0. The first-order valence-corrected chi connectivity index (χ1v) is 9.91. The number of ketones is 1. The zero-order valence-electron chi connectivity index (χ0n) is 16.5. The normalized spacial score (nSPS) is 10.7. The van der Waals surface area contributed by atoms with E-state index in [-0.39, 0.29) is 24.1 Å². The number of anilines is 1. The van der Waals surface area contributed by atoms with E-state index in [9.17, 15) is 14.4 Å². The van der Waals surface area contributed by atoms with Crippen molar-refractivity contribution in [2.45, 2.75) is 25.7 Å². The number of esters is 1. The van der Waals surface area contributed by atoms with Crippen molar-refractivity contribution in [2.24, 2.45) is 5.41 Å². The number of nitrogens with one attached hydrogen (secondary N) is 1. The third-order valence-electron chi connectivity index (χ3n) is 3.93. The minimum Gasteiger partial charge on any atom is -0.454 e. The molecule has 0 aliphatic carbocycles. The van der Waals surface area contributed by atoms with Crippen molar-refractivity contribution in [3.05, 3.63) is 59.7 Å². The topological polar surface area (TPSA) is 96.3 Å². The highest BCUT2D eigenvalue weighted by atomic mass is 32.2. The molecule has 0 spiro atoms. The first-order valence-electron chi connectivity index (χ1n) is 8.93. The minimum atomic E-state index is -0.599. The summed E-state index contributed by atoms with van der Waals surface area (Å²) in [6.45, 7) is 5.00. The quantitative estimate of drug-likeness (QED) is 0.546. The summed E-state index contributed by atoms with van der Waals surface area (Å²) in [5, 5.41) is 11.5. The average molecular weight is 410 g/mol. The lowest BCUT2D eigenvalue weighted by Crippen LogP contribution is -2.26. The molecule has 2 aromatic rings. The summed E-state index contributed by atoms with van der Waals surface area (Å²) in [6.07, 6.45) is 0. The summed E-state index contributed by atoms with van der Waals surface area (Å²) in [5.41, 5.74) is 0.820. The fourth-order valence-electron chi connectivity index (χ4n) is 2.15. The first kappa shape index (κ1) is 22.2. The smallest absolute Gasteiger partial charge is 0.339 e. The van der Waals surface area contributed by atoms with Gasteiger partial charge in [0.15, 0.2) is 12.4 Å². The highest BCUT2D eigenvalue weighted by molar-refractivity contribution is 8.00. The molecular formula is C22H22N2O4S. The predicted octanol–water partition coefficient (Wildman–Crippen LogP) is 4.06. The Labute approximate surface area is 174 Å². The molecule has 0 unspecified atom stereocenters. The Hall–Kier alpha value is -3.11. The zero-order chi connectivity index (χ0) is 21.4. The van der Waals surface area contributed by atoms with Crippen molar-refractivity contribution in [2.75, 3.05) is 17.7 Å². The number of hydrogen-bond acceptors (Lipinski definition) is 6. The number of Topliss-reactive ketones (excluding diaryl/α,β-unsaturated/α-hetero) is 1. The Morgan fingerprint density at radius 2 is 1.72 bits per heavy atom. The first-order chi connectivity index (χ1) is 13.7. The Morgan fingerprint density at radius 3 is 2.34 bits per heavy atom. The molecule has 0 radical (unpaired) electrons. The second-order valence-electron chi connectivity index (χ2n) is 7.27. The lowest BCUT2D eigenvalue weighted by atomic mass is 9.91. The molecule has 0 saturated heterocycles. The fourth-order valence-corrected chi connectivity index (χ4v) is 3.00. The molecule has 2 rings (SSSR count). The monoisotopic (exact) mass is 410 g/mol. The fraction of sp³-hybridized carbons (Fsp3) is 0.273. The summed E-state index contributed by atoms with van der Waals surface area (Å²) in [4.78, 5) is 37.1. The van der Waals surface area contributed by atoms with E-state index in [4.69, 9.17) is 10.00 Å². The average Bonchev–Trinajstić information content (AvgIpc) is 2.70. The predicted molar refractivity (Wildman–Crippen MR) is 112 cm³/mol. The van der Waals surface area contributed by atoms with Gasteiger partial charge >= 0.3 is 5.97 Å². The van der Waals surface area contributed by atoms with Gasteiger partial charge in [0.05, 0.1) is 22.9 Å². The maximum absolute atomic E-state index is 12.4. The van der Waals surface area contributed by atoms with Crippen LogP contribution in [-0.2, 0) is 14.3 Å². The third-order valence-corrected chi connectivity index (χ3v) is 5.01. The number of hydrogen-bond donors (Lipinski definition) is 1. The van der Waals surface area contributed by atoms with E-state index in [1.807, 2.05) is 6.07 Å². The summed E-state index contributed by atoms with van der Waals surface area (Å²) < 4.78 is 5.15. The maximum Gasteiger partial charge on any atom is 0.339 e. The van der Waals surface area contributed by atoms with Crippen LogP contribution in [0.2, 0.25) is 0 Å². The molecule has 0 atom stereocenters. The Balaban J connectivity index is 1.95. The van der Waals surface area contributed by atoms with Crippen LogP contribution in [0.5, 0.6) is 0 Å². The number of carbonyl (C=O) groups is 3. The number of thioether (sulfide) groups is 1. The van der Waals surface area contributed by atoms with Crippen LogP contribution in [0.25, 0.3) is 0 Å². The molecular weight excluding hydrogens is 388 g/mol. The van der Waals surface area contributed by atoms with Crippen molar-refractivity contribution >= 4 is 35.1 Å². The molecule has 1 N–H and O–H groups in total. The second kappa shape index (κ2) is 9.89. The van der Waals surface area contributed by atoms with E-state index in [1.165, 1.54) is 11.8 Å². The van der Waals surface area contributed by atoms with Gasteiger partial charge in [0.2, 0.25) is 5.91 Å². The van der Waals surface area contributed by atoms with Crippen LogP contribution < -0.4 is 5.32 Å². The Morgan fingerprint density at radius 1 is 1.07 bits per heavy atom. The van der Waals surface area contributed by atoms with Crippen molar-refractivity contribution in [1.82, 2.24) is 0 Å². The molecule has 0 aliphatic heterocycles.